The normalized spacial score (nSPS) is 26.6. The van der Waals surface area contributed by atoms with Crippen LogP contribution in [0, 0.1) is 11.1 Å². The molecule has 14 heteroatoms. The number of amides is 1. The highest BCUT2D eigenvalue weighted by molar-refractivity contribution is 7.86. The summed E-state index contributed by atoms with van der Waals surface area (Å²) in [7, 11) is -2.66. The monoisotopic (exact) mass is 427 g/mol. The van der Waals surface area contributed by atoms with Crippen molar-refractivity contribution in [3.63, 3.8) is 0 Å². The molecule has 1 aromatic carbocycles. The first-order chi connectivity index (χ1) is 13.8. The van der Waals surface area contributed by atoms with E-state index in [0.29, 0.717) is 5.56 Å². The predicted octanol–water partition coefficient (Wildman–Crippen LogP) is -0.0296. The van der Waals surface area contributed by atoms with Crippen molar-refractivity contribution >= 4 is 16.0 Å². The van der Waals surface area contributed by atoms with Gasteiger partial charge in [-0.05, 0) is 12.1 Å². The maximum absolute atomic E-state index is 12.6. The zero-order valence-electron chi connectivity index (χ0n) is 15.6. The molecule has 1 amide bonds. The lowest BCUT2D eigenvalue weighted by Gasteiger charge is -2.40. The number of benzene rings is 1. The van der Waals surface area contributed by atoms with Crippen LogP contribution in [0.25, 0.3) is 0 Å². The van der Waals surface area contributed by atoms with E-state index in [1.165, 1.54) is 7.11 Å². The third kappa shape index (κ3) is 6.06. The first kappa shape index (κ1) is 22.4. The second-order valence-corrected chi connectivity index (χ2v) is 7.64. The maximum Gasteiger partial charge on any atom is 0.264 e. The Kier molecular flexibility index (Phi) is 7.79. The van der Waals surface area contributed by atoms with Crippen LogP contribution in [-0.4, -0.2) is 64.8 Å². The number of hydrogen-bond acceptors (Lipinski definition) is 10. The molecule has 0 aromatic heterocycles. The minimum atomic E-state index is -3.98. The van der Waals surface area contributed by atoms with Gasteiger partial charge in [0.25, 0.3) is 16.0 Å². The quantitative estimate of drug-likeness (QED) is 0.296. The first-order valence-corrected chi connectivity index (χ1v) is 10.1. The van der Waals surface area contributed by atoms with Gasteiger partial charge in [-0.3, -0.25) is 8.98 Å². The molecule has 1 fully saturated rings. The number of nitrogens with zero attached hydrogens (tertiary/aromatic N) is 4. The second kappa shape index (κ2) is 10.1. The summed E-state index contributed by atoms with van der Waals surface area (Å²) >= 11 is 0. The van der Waals surface area contributed by atoms with E-state index in [9.17, 15) is 13.2 Å². The summed E-state index contributed by atoms with van der Waals surface area (Å²) in [5.41, 5.74) is 14.3. The molecular weight excluding hydrogens is 406 g/mol. The van der Waals surface area contributed by atoms with Gasteiger partial charge in [-0.1, -0.05) is 18.2 Å². The predicted molar refractivity (Wildman–Crippen MR) is 96.3 cm³/mol. The van der Waals surface area contributed by atoms with E-state index in [1.54, 1.807) is 30.3 Å². The minimum Gasteiger partial charge on any atom is -0.354 e. The van der Waals surface area contributed by atoms with Crippen molar-refractivity contribution in [2.45, 2.75) is 30.6 Å². The minimum absolute atomic E-state index is 0.229. The highest BCUT2D eigenvalue weighted by Crippen LogP contribution is 2.28. The van der Waals surface area contributed by atoms with Crippen molar-refractivity contribution < 1.29 is 26.9 Å². The lowest BCUT2D eigenvalue weighted by molar-refractivity contribution is -0.221. The zero-order valence-corrected chi connectivity index (χ0v) is 16.4. The highest BCUT2D eigenvalue weighted by Gasteiger charge is 2.52. The Morgan fingerprint density at radius 1 is 1.28 bits per heavy atom. The van der Waals surface area contributed by atoms with E-state index in [-0.39, 0.29) is 6.54 Å². The van der Waals surface area contributed by atoms with Crippen molar-refractivity contribution in [1.29, 1.82) is 11.1 Å². The highest BCUT2D eigenvalue weighted by atomic mass is 32.2. The number of methoxy groups -OCH3 is 1. The zero-order chi connectivity index (χ0) is 21.4. The Bertz CT molecular complexity index is 914. The Morgan fingerprint density at radius 3 is 2.52 bits per heavy atom. The summed E-state index contributed by atoms with van der Waals surface area (Å²) in [5, 5.41) is 9.92. The Balaban J connectivity index is 2.42. The summed E-state index contributed by atoms with van der Waals surface area (Å²) in [4.78, 5) is 18.5. The van der Waals surface area contributed by atoms with Crippen LogP contribution in [-0.2, 0) is 23.8 Å². The topological polar surface area (TPSA) is 192 Å². The van der Waals surface area contributed by atoms with Crippen LogP contribution in [0.5, 0.6) is 0 Å². The van der Waals surface area contributed by atoms with Crippen LogP contribution in [0.4, 0.5) is 0 Å². The van der Waals surface area contributed by atoms with Gasteiger partial charge in [0.2, 0.25) is 9.82 Å². The van der Waals surface area contributed by atoms with E-state index < -0.39 is 46.6 Å². The molecule has 2 rings (SSSR count). The first-order valence-electron chi connectivity index (χ1n) is 8.33. The number of nitrogens with one attached hydrogen (secondary N) is 3. The van der Waals surface area contributed by atoms with Crippen molar-refractivity contribution in [1.82, 2.24) is 15.1 Å². The maximum atomic E-state index is 12.6. The van der Waals surface area contributed by atoms with Gasteiger partial charge in [-0.2, -0.15) is 8.42 Å². The number of hydrogen-bond donors (Lipinski definition) is 3. The molecule has 0 aliphatic carbocycles. The van der Waals surface area contributed by atoms with E-state index in [0.717, 1.165) is 6.26 Å². The van der Waals surface area contributed by atoms with Crippen LogP contribution in [0.3, 0.4) is 0 Å². The molecule has 156 valence electrons. The van der Waals surface area contributed by atoms with Gasteiger partial charge in [0.1, 0.15) is 39.5 Å². The van der Waals surface area contributed by atoms with Crippen LogP contribution in [0.2, 0.25) is 0 Å². The molecule has 1 heterocycles. The molecule has 0 bridgehead atoms. The molecular formula is C15H21N7O6S+2. The van der Waals surface area contributed by atoms with E-state index >= 15 is 0 Å². The SMILES string of the molecule is COC1OC(CN=[N+]=N)[C@H](OS(C)(=O)=O)C(N=[N+]=N)C1NC(=O)c1ccccc1. The lowest BCUT2D eigenvalue weighted by Crippen LogP contribution is -2.64. The third-order valence-corrected chi connectivity index (χ3v) is 4.62. The molecule has 1 aliphatic rings. The molecule has 13 nitrogen and oxygen atoms in total. The average molecular weight is 427 g/mol. The molecule has 4 unspecified atom stereocenters. The molecule has 0 spiro atoms. The van der Waals surface area contributed by atoms with Crippen LogP contribution >= 0.6 is 0 Å². The molecule has 1 aliphatic heterocycles. The van der Waals surface area contributed by atoms with Gasteiger partial charge in [-0.25, -0.2) is 0 Å². The van der Waals surface area contributed by atoms with E-state index in [4.69, 9.17) is 24.7 Å². The van der Waals surface area contributed by atoms with Gasteiger partial charge in [-0.15, -0.1) is 0 Å². The van der Waals surface area contributed by atoms with Gasteiger partial charge in [0, 0.05) is 12.7 Å². The average Bonchev–Trinajstić information content (AvgIpc) is 2.69. The summed E-state index contributed by atoms with van der Waals surface area (Å²) in [6.07, 6.45) is -2.57. The molecule has 5 atom stereocenters. The van der Waals surface area contributed by atoms with Gasteiger partial charge < -0.3 is 14.8 Å². The van der Waals surface area contributed by atoms with Gasteiger partial charge >= 0.3 is 0 Å². The van der Waals surface area contributed by atoms with Crippen molar-refractivity contribution in [3.8, 4) is 0 Å². The molecule has 1 saturated heterocycles. The number of rotatable bonds is 8. The van der Waals surface area contributed by atoms with Gasteiger partial charge in [0.05, 0.1) is 6.26 Å². The summed E-state index contributed by atoms with van der Waals surface area (Å²) in [5.74, 6) is -0.492. The van der Waals surface area contributed by atoms with Crippen LogP contribution < -0.4 is 15.1 Å². The fourth-order valence-electron chi connectivity index (χ4n) is 2.89. The standard InChI is InChI=1S/C15H20N7O6S/c1-26-15-12(19-14(23)9-6-4-3-5-7-9)11(20-22-17)13(28-29(2,24)25)10(27-15)8-18-21-16/h3-7,10-13,15-17H,8H2,1-2H3/q+1/p+1/t10?,11?,12?,13-,15?/m0/s1. The summed E-state index contributed by atoms with van der Waals surface area (Å²) in [6, 6.07) is 6.10. The molecule has 3 N–H and O–H groups in total. The van der Waals surface area contributed by atoms with Crippen molar-refractivity contribution in [3.05, 3.63) is 35.9 Å². The lowest BCUT2D eigenvalue weighted by atomic mass is 9.94. The largest absolute Gasteiger partial charge is 0.354 e. The fourth-order valence-corrected chi connectivity index (χ4v) is 3.53. The van der Waals surface area contributed by atoms with Gasteiger partial charge in [0.15, 0.2) is 18.9 Å². The second-order valence-electron chi connectivity index (χ2n) is 6.04. The summed E-state index contributed by atoms with van der Waals surface area (Å²) in [6.45, 7) is -0.229. The third-order valence-electron chi connectivity index (χ3n) is 4.05. The number of carbonyl (C=O) groups is 1. The Hall–Kier alpha value is -2.86. The smallest absolute Gasteiger partial charge is 0.264 e. The van der Waals surface area contributed by atoms with Crippen molar-refractivity contribution in [2.75, 3.05) is 19.9 Å². The molecule has 0 saturated carbocycles. The molecule has 29 heavy (non-hydrogen) atoms. The van der Waals surface area contributed by atoms with Crippen LogP contribution in [0.1, 0.15) is 10.4 Å². The Labute approximate surface area is 166 Å². The number of ether oxygens (including phenoxy) is 2. The molecule has 0 radical (unpaired) electrons. The van der Waals surface area contributed by atoms with Crippen LogP contribution in [0.15, 0.2) is 40.6 Å². The van der Waals surface area contributed by atoms with E-state index in [1.807, 2.05) is 0 Å². The number of carbonyl (C=O) groups excluding carboxylic acids is 1. The summed E-state index contributed by atoms with van der Waals surface area (Å²) < 4.78 is 39.6. The van der Waals surface area contributed by atoms with E-state index in [2.05, 4.69) is 25.4 Å². The Morgan fingerprint density at radius 2 is 1.97 bits per heavy atom. The fraction of sp³-hybridized carbons (Fsp3) is 0.533. The molecule has 1 aromatic rings. The van der Waals surface area contributed by atoms with Crippen molar-refractivity contribution in [2.24, 2.45) is 10.2 Å².